The number of hydrogen-bond donors (Lipinski definition) is 1. The van der Waals surface area contributed by atoms with Crippen molar-refractivity contribution in [1.82, 2.24) is 4.98 Å². The van der Waals surface area contributed by atoms with Crippen LogP contribution >= 0.6 is 22.9 Å². The van der Waals surface area contributed by atoms with Crippen LogP contribution in [-0.2, 0) is 4.74 Å². The van der Waals surface area contributed by atoms with Gasteiger partial charge in [-0.05, 0) is 26.0 Å². The molecule has 112 valence electrons. The SMILES string of the molecule is CCOC(=O)c1nc(Nc2ccc(Cl)c(OC)c2)sc1C. The number of hydrogen-bond acceptors (Lipinski definition) is 6. The van der Waals surface area contributed by atoms with Crippen LogP contribution in [0.25, 0.3) is 0 Å². The lowest BCUT2D eigenvalue weighted by atomic mass is 10.3. The van der Waals surface area contributed by atoms with Gasteiger partial charge in [-0.2, -0.15) is 0 Å². The summed E-state index contributed by atoms with van der Waals surface area (Å²) in [5.41, 5.74) is 1.12. The van der Waals surface area contributed by atoms with Crippen molar-refractivity contribution in [3.8, 4) is 5.75 Å². The first-order chi connectivity index (χ1) is 10.0. The maximum absolute atomic E-state index is 11.7. The lowest BCUT2D eigenvalue weighted by molar-refractivity contribution is 0.0519. The monoisotopic (exact) mass is 326 g/mol. The Morgan fingerprint density at radius 3 is 2.90 bits per heavy atom. The minimum Gasteiger partial charge on any atom is -0.495 e. The van der Waals surface area contributed by atoms with Gasteiger partial charge in [-0.3, -0.25) is 0 Å². The summed E-state index contributed by atoms with van der Waals surface area (Å²) in [6.45, 7) is 3.92. The fraction of sp³-hybridized carbons (Fsp3) is 0.286. The topological polar surface area (TPSA) is 60.5 Å². The highest BCUT2D eigenvalue weighted by Crippen LogP contribution is 2.31. The fourth-order valence-electron chi connectivity index (χ4n) is 1.70. The van der Waals surface area contributed by atoms with Gasteiger partial charge in [0.25, 0.3) is 0 Å². The second-order valence-corrected chi connectivity index (χ2v) is 5.73. The summed E-state index contributed by atoms with van der Waals surface area (Å²) in [5, 5.41) is 4.27. The number of thiazole rings is 1. The van der Waals surface area contributed by atoms with Crippen LogP contribution in [0.5, 0.6) is 5.75 Å². The number of halogens is 1. The summed E-state index contributed by atoms with van der Waals surface area (Å²) >= 11 is 7.36. The molecular formula is C14H15ClN2O3S. The number of methoxy groups -OCH3 is 1. The minimum absolute atomic E-state index is 0.326. The number of esters is 1. The molecule has 21 heavy (non-hydrogen) atoms. The van der Waals surface area contributed by atoms with Gasteiger partial charge < -0.3 is 14.8 Å². The molecule has 7 heteroatoms. The summed E-state index contributed by atoms with van der Waals surface area (Å²) in [7, 11) is 1.55. The molecule has 0 saturated heterocycles. The van der Waals surface area contributed by atoms with E-state index in [0.29, 0.717) is 28.2 Å². The first-order valence-electron chi connectivity index (χ1n) is 6.30. The number of anilines is 2. The van der Waals surface area contributed by atoms with Crippen molar-refractivity contribution >= 4 is 39.7 Å². The number of rotatable bonds is 5. The zero-order chi connectivity index (χ0) is 15.4. The van der Waals surface area contributed by atoms with Crippen molar-refractivity contribution in [2.45, 2.75) is 13.8 Å². The van der Waals surface area contributed by atoms with E-state index in [4.69, 9.17) is 21.1 Å². The van der Waals surface area contributed by atoms with Crippen molar-refractivity contribution in [2.24, 2.45) is 0 Å². The average molecular weight is 327 g/mol. The largest absolute Gasteiger partial charge is 0.495 e. The first-order valence-corrected chi connectivity index (χ1v) is 7.49. The number of benzene rings is 1. The van der Waals surface area contributed by atoms with Crippen LogP contribution in [0.15, 0.2) is 18.2 Å². The standard InChI is InChI=1S/C14H15ClN2O3S/c1-4-20-13(18)12-8(2)21-14(17-12)16-9-5-6-10(15)11(7-9)19-3/h5-7H,4H2,1-3H3,(H,16,17). The lowest BCUT2D eigenvalue weighted by Gasteiger charge is -2.06. The Balaban J connectivity index is 2.20. The second kappa shape index (κ2) is 6.78. The third-order valence-corrected chi connectivity index (χ3v) is 3.87. The molecule has 0 unspecified atom stereocenters. The molecule has 0 aliphatic heterocycles. The number of aryl methyl sites for hydroxylation is 1. The Bertz CT molecular complexity index is 658. The summed E-state index contributed by atoms with van der Waals surface area (Å²) in [5.74, 6) is 0.161. The molecule has 2 aromatic rings. The van der Waals surface area contributed by atoms with Crippen LogP contribution in [0.3, 0.4) is 0 Å². The molecule has 0 bridgehead atoms. The highest BCUT2D eigenvalue weighted by molar-refractivity contribution is 7.15. The third kappa shape index (κ3) is 3.65. The molecule has 5 nitrogen and oxygen atoms in total. The Labute approximate surface area is 131 Å². The summed E-state index contributed by atoms with van der Waals surface area (Å²) in [6.07, 6.45) is 0. The number of ether oxygens (including phenoxy) is 2. The van der Waals surface area contributed by atoms with Crippen LogP contribution in [0.2, 0.25) is 5.02 Å². The molecule has 1 aromatic carbocycles. The van der Waals surface area contributed by atoms with E-state index < -0.39 is 5.97 Å². The van der Waals surface area contributed by atoms with Gasteiger partial charge in [-0.1, -0.05) is 11.6 Å². The number of nitrogens with one attached hydrogen (secondary N) is 1. The van der Waals surface area contributed by atoms with E-state index >= 15 is 0 Å². The van der Waals surface area contributed by atoms with Crippen LogP contribution in [0.1, 0.15) is 22.3 Å². The predicted molar refractivity (Wildman–Crippen MR) is 84.1 cm³/mol. The molecule has 1 N–H and O–H groups in total. The molecular weight excluding hydrogens is 312 g/mol. The van der Waals surface area contributed by atoms with Gasteiger partial charge in [-0.15, -0.1) is 11.3 Å². The Morgan fingerprint density at radius 1 is 1.48 bits per heavy atom. The van der Waals surface area contributed by atoms with E-state index in [1.54, 1.807) is 26.2 Å². The molecule has 0 saturated carbocycles. The van der Waals surface area contributed by atoms with E-state index in [9.17, 15) is 4.79 Å². The molecule has 1 heterocycles. The Hall–Kier alpha value is -1.79. The van der Waals surface area contributed by atoms with Gasteiger partial charge in [0, 0.05) is 16.6 Å². The Morgan fingerprint density at radius 2 is 2.24 bits per heavy atom. The summed E-state index contributed by atoms with van der Waals surface area (Å²) < 4.78 is 10.1. The van der Waals surface area contributed by atoms with Crippen molar-refractivity contribution < 1.29 is 14.3 Å². The molecule has 1 aromatic heterocycles. The fourth-order valence-corrected chi connectivity index (χ4v) is 2.72. The maximum atomic E-state index is 11.7. The molecule has 0 spiro atoms. The number of carbonyl (C=O) groups is 1. The smallest absolute Gasteiger partial charge is 0.358 e. The van der Waals surface area contributed by atoms with E-state index in [-0.39, 0.29) is 0 Å². The molecule has 0 aliphatic carbocycles. The first kappa shape index (κ1) is 15.6. The van der Waals surface area contributed by atoms with Gasteiger partial charge in [0.15, 0.2) is 10.8 Å². The highest BCUT2D eigenvalue weighted by atomic mass is 35.5. The Kier molecular flexibility index (Phi) is 5.03. The lowest BCUT2D eigenvalue weighted by Crippen LogP contribution is -2.06. The zero-order valence-electron chi connectivity index (χ0n) is 11.9. The van der Waals surface area contributed by atoms with E-state index in [1.165, 1.54) is 11.3 Å². The normalized spacial score (nSPS) is 10.3. The minimum atomic E-state index is -0.409. The van der Waals surface area contributed by atoms with Crippen molar-refractivity contribution in [3.63, 3.8) is 0 Å². The van der Waals surface area contributed by atoms with E-state index in [2.05, 4.69) is 10.3 Å². The van der Waals surface area contributed by atoms with Crippen molar-refractivity contribution in [1.29, 1.82) is 0 Å². The highest BCUT2D eigenvalue weighted by Gasteiger charge is 2.16. The third-order valence-electron chi connectivity index (χ3n) is 2.67. The second-order valence-electron chi connectivity index (χ2n) is 4.12. The average Bonchev–Trinajstić information content (AvgIpc) is 2.82. The van der Waals surface area contributed by atoms with E-state index in [0.717, 1.165) is 10.6 Å². The van der Waals surface area contributed by atoms with Gasteiger partial charge in [0.1, 0.15) is 5.75 Å². The number of nitrogens with zero attached hydrogens (tertiary/aromatic N) is 1. The van der Waals surface area contributed by atoms with Crippen LogP contribution in [0, 0.1) is 6.92 Å². The van der Waals surface area contributed by atoms with Crippen LogP contribution in [0.4, 0.5) is 10.8 Å². The van der Waals surface area contributed by atoms with Gasteiger partial charge in [0.2, 0.25) is 0 Å². The quantitative estimate of drug-likeness (QED) is 0.840. The maximum Gasteiger partial charge on any atom is 0.358 e. The zero-order valence-corrected chi connectivity index (χ0v) is 13.5. The number of aromatic nitrogens is 1. The van der Waals surface area contributed by atoms with Gasteiger partial charge >= 0.3 is 5.97 Å². The van der Waals surface area contributed by atoms with Crippen molar-refractivity contribution in [2.75, 3.05) is 19.0 Å². The summed E-state index contributed by atoms with van der Waals surface area (Å²) in [4.78, 5) is 16.8. The molecule has 2 rings (SSSR count). The molecule has 0 aliphatic rings. The predicted octanol–water partition coefficient (Wildman–Crippen LogP) is 4.03. The van der Waals surface area contributed by atoms with Gasteiger partial charge in [-0.25, -0.2) is 9.78 Å². The molecule has 0 atom stereocenters. The molecule has 0 amide bonds. The summed E-state index contributed by atoms with van der Waals surface area (Å²) in [6, 6.07) is 5.31. The number of carbonyl (C=O) groups excluding carboxylic acids is 1. The van der Waals surface area contributed by atoms with Crippen molar-refractivity contribution in [3.05, 3.63) is 33.8 Å². The molecule has 0 radical (unpaired) electrons. The molecule has 0 fully saturated rings. The van der Waals surface area contributed by atoms with Crippen LogP contribution < -0.4 is 10.1 Å². The van der Waals surface area contributed by atoms with Gasteiger partial charge in [0.05, 0.1) is 18.7 Å². The van der Waals surface area contributed by atoms with Crippen LogP contribution in [-0.4, -0.2) is 24.7 Å². The van der Waals surface area contributed by atoms with E-state index in [1.807, 2.05) is 13.0 Å².